The lowest BCUT2D eigenvalue weighted by Crippen LogP contribution is -1.68. The van der Waals surface area contributed by atoms with E-state index in [-0.39, 0.29) is 0 Å². The second-order valence-corrected chi connectivity index (χ2v) is 4.32. The Kier molecular flexibility index (Phi) is 2.47. The molecule has 0 aliphatic carbocycles. The van der Waals surface area contributed by atoms with Crippen LogP contribution in [0.2, 0.25) is 0 Å². The van der Waals surface area contributed by atoms with Crippen LogP contribution >= 0.6 is 23.1 Å². The van der Waals surface area contributed by atoms with Crippen molar-refractivity contribution in [1.29, 1.82) is 0 Å². The van der Waals surface area contributed by atoms with Gasteiger partial charge >= 0.3 is 0 Å². The number of aromatic nitrogens is 1. The summed E-state index contributed by atoms with van der Waals surface area (Å²) in [7, 11) is 0. The molecule has 0 unspecified atom stereocenters. The molecule has 0 saturated carbocycles. The van der Waals surface area contributed by atoms with E-state index in [1.165, 1.54) is 23.1 Å². The van der Waals surface area contributed by atoms with Crippen LogP contribution in [0.25, 0.3) is 0 Å². The topological polar surface area (TPSA) is 43.1 Å². The van der Waals surface area contributed by atoms with E-state index < -0.39 is 0 Å². The number of rotatable bonds is 3. The molecule has 0 N–H and O–H groups in total. The van der Waals surface area contributed by atoms with Gasteiger partial charge in [0.15, 0.2) is 21.5 Å². The van der Waals surface area contributed by atoms with E-state index in [1.54, 1.807) is 18.3 Å². The number of thiazole rings is 1. The highest BCUT2D eigenvalue weighted by Crippen LogP contribution is 2.29. The molecule has 0 atom stereocenters. The maximum atomic E-state index is 10.3. The van der Waals surface area contributed by atoms with Gasteiger partial charge in [-0.25, -0.2) is 4.98 Å². The number of hydrogen-bond donors (Lipinski definition) is 0. The van der Waals surface area contributed by atoms with E-state index in [4.69, 9.17) is 4.42 Å². The molecular formula is C8H5NO2S2. The fourth-order valence-electron chi connectivity index (χ4n) is 0.799. The van der Waals surface area contributed by atoms with E-state index in [2.05, 4.69) is 4.98 Å². The van der Waals surface area contributed by atoms with Crippen molar-refractivity contribution < 1.29 is 9.21 Å². The molecule has 13 heavy (non-hydrogen) atoms. The summed E-state index contributed by atoms with van der Waals surface area (Å²) in [6, 6.07) is 3.40. The Morgan fingerprint density at radius 1 is 1.54 bits per heavy atom. The van der Waals surface area contributed by atoms with Crippen LogP contribution in [0.15, 0.2) is 37.6 Å². The lowest BCUT2D eigenvalue weighted by Gasteiger charge is -1.88. The van der Waals surface area contributed by atoms with Crippen molar-refractivity contribution in [1.82, 2.24) is 4.98 Å². The highest BCUT2D eigenvalue weighted by molar-refractivity contribution is 8.00. The summed E-state index contributed by atoms with van der Waals surface area (Å²) in [6.07, 6.45) is 2.42. The molecule has 0 aliphatic heterocycles. The third kappa shape index (κ3) is 1.99. The Morgan fingerprint density at radius 3 is 3.08 bits per heavy atom. The quantitative estimate of drug-likeness (QED) is 0.732. The minimum Gasteiger partial charge on any atom is -0.447 e. The van der Waals surface area contributed by atoms with Crippen molar-refractivity contribution in [3.63, 3.8) is 0 Å². The van der Waals surface area contributed by atoms with Gasteiger partial charge < -0.3 is 4.42 Å². The maximum absolute atomic E-state index is 10.3. The zero-order chi connectivity index (χ0) is 9.10. The van der Waals surface area contributed by atoms with Crippen molar-refractivity contribution in [3.05, 3.63) is 29.5 Å². The summed E-state index contributed by atoms with van der Waals surface area (Å²) in [5.74, 6) is 0.346. The zero-order valence-electron chi connectivity index (χ0n) is 6.47. The minimum absolute atomic E-state index is 0.346. The van der Waals surface area contributed by atoms with Crippen LogP contribution in [0.1, 0.15) is 10.6 Å². The molecule has 2 heterocycles. The van der Waals surface area contributed by atoms with E-state index >= 15 is 0 Å². The van der Waals surface area contributed by atoms with Crippen LogP contribution in [-0.4, -0.2) is 11.3 Å². The van der Waals surface area contributed by atoms with E-state index in [9.17, 15) is 4.79 Å². The largest absolute Gasteiger partial charge is 0.447 e. The van der Waals surface area contributed by atoms with Crippen LogP contribution < -0.4 is 0 Å². The monoisotopic (exact) mass is 211 g/mol. The lowest BCUT2D eigenvalue weighted by molar-refractivity contribution is 0.109. The van der Waals surface area contributed by atoms with E-state index in [0.717, 1.165) is 4.34 Å². The van der Waals surface area contributed by atoms with E-state index in [1.807, 2.05) is 5.38 Å². The maximum Gasteiger partial charge on any atom is 0.185 e. The Balaban J connectivity index is 2.14. The number of carbonyl (C=O) groups excluding carboxylic acids is 1. The lowest BCUT2D eigenvalue weighted by atomic mass is 10.5. The van der Waals surface area contributed by atoms with Gasteiger partial charge in [0, 0.05) is 11.6 Å². The molecule has 0 bridgehead atoms. The number of hydrogen-bond acceptors (Lipinski definition) is 5. The van der Waals surface area contributed by atoms with Gasteiger partial charge in [-0.3, -0.25) is 4.79 Å². The Labute approximate surface area is 82.8 Å². The fourth-order valence-corrected chi connectivity index (χ4v) is 2.32. The molecule has 0 fully saturated rings. The summed E-state index contributed by atoms with van der Waals surface area (Å²) in [6.45, 7) is 0. The average molecular weight is 211 g/mol. The summed E-state index contributed by atoms with van der Waals surface area (Å²) in [5.41, 5.74) is 0. The van der Waals surface area contributed by atoms with Crippen molar-refractivity contribution in [2.45, 2.75) is 9.43 Å². The standard InChI is InChI=1S/C8H5NO2S2/c10-5-6-1-2-7(11-6)13-8-9-3-4-12-8/h1-5H. The van der Waals surface area contributed by atoms with Crippen LogP contribution in [0.4, 0.5) is 0 Å². The second kappa shape index (κ2) is 3.76. The third-order valence-corrected chi connectivity index (χ3v) is 3.12. The van der Waals surface area contributed by atoms with Crippen LogP contribution in [-0.2, 0) is 0 Å². The molecule has 66 valence electrons. The molecule has 0 aromatic carbocycles. The number of carbonyl (C=O) groups is 1. The van der Waals surface area contributed by atoms with Gasteiger partial charge in [0.25, 0.3) is 0 Å². The van der Waals surface area contributed by atoms with Gasteiger partial charge in [0.2, 0.25) is 0 Å². The first-order chi connectivity index (χ1) is 6.38. The summed E-state index contributed by atoms with van der Waals surface area (Å²) < 4.78 is 6.08. The fraction of sp³-hybridized carbons (Fsp3) is 0. The van der Waals surface area contributed by atoms with Gasteiger partial charge in [0.1, 0.15) is 0 Å². The molecule has 2 aromatic heterocycles. The average Bonchev–Trinajstić information content (AvgIpc) is 2.76. The van der Waals surface area contributed by atoms with Crippen molar-refractivity contribution in [2.75, 3.05) is 0 Å². The molecule has 2 rings (SSSR count). The molecule has 5 heteroatoms. The smallest absolute Gasteiger partial charge is 0.185 e. The summed E-state index contributed by atoms with van der Waals surface area (Å²) >= 11 is 2.95. The molecule has 0 spiro atoms. The molecule has 2 aromatic rings. The predicted molar refractivity (Wildman–Crippen MR) is 50.3 cm³/mol. The first-order valence-corrected chi connectivity index (χ1v) is 5.20. The molecular weight excluding hydrogens is 206 g/mol. The Bertz CT molecular complexity index is 394. The molecule has 0 aliphatic rings. The van der Waals surface area contributed by atoms with Crippen LogP contribution in [0.5, 0.6) is 0 Å². The van der Waals surface area contributed by atoms with Crippen LogP contribution in [0, 0.1) is 0 Å². The van der Waals surface area contributed by atoms with Gasteiger partial charge in [-0.1, -0.05) is 0 Å². The number of aldehydes is 1. The molecule has 0 radical (unpaired) electrons. The van der Waals surface area contributed by atoms with Crippen molar-refractivity contribution in [3.8, 4) is 0 Å². The number of furan rings is 1. The molecule has 0 amide bonds. The summed E-state index contributed by atoms with van der Waals surface area (Å²) in [5, 5.41) is 2.59. The predicted octanol–water partition coefficient (Wildman–Crippen LogP) is 2.70. The third-order valence-electron chi connectivity index (χ3n) is 1.32. The molecule has 3 nitrogen and oxygen atoms in total. The highest BCUT2D eigenvalue weighted by atomic mass is 32.2. The SMILES string of the molecule is O=Cc1ccc(Sc2nccs2)o1. The normalized spacial score (nSPS) is 10.2. The van der Waals surface area contributed by atoms with Gasteiger partial charge in [-0.15, -0.1) is 11.3 Å². The summed E-state index contributed by atoms with van der Waals surface area (Å²) in [4.78, 5) is 14.4. The van der Waals surface area contributed by atoms with Crippen molar-refractivity contribution in [2.24, 2.45) is 0 Å². The van der Waals surface area contributed by atoms with Crippen molar-refractivity contribution >= 4 is 29.4 Å². The zero-order valence-corrected chi connectivity index (χ0v) is 8.10. The Hall–Kier alpha value is -1.07. The Morgan fingerprint density at radius 2 is 2.46 bits per heavy atom. The van der Waals surface area contributed by atoms with Crippen LogP contribution in [0.3, 0.4) is 0 Å². The second-order valence-electron chi connectivity index (χ2n) is 2.17. The minimum atomic E-state index is 0.346. The first-order valence-electron chi connectivity index (χ1n) is 3.51. The van der Waals surface area contributed by atoms with Gasteiger partial charge in [0.05, 0.1) is 0 Å². The van der Waals surface area contributed by atoms with Gasteiger partial charge in [-0.05, 0) is 23.9 Å². The van der Waals surface area contributed by atoms with E-state index in [0.29, 0.717) is 17.1 Å². The molecule has 0 saturated heterocycles. The van der Waals surface area contributed by atoms with Gasteiger partial charge in [-0.2, -0.15) is 0 Å². The number of nitrogens with zero attached hydrogens (tertiary/aromatic N) is 1. The first kappa shape index (κ1) is 8.52. The highest BCUT2D eigenvalue weighted by Gasteiger charge is 2.04.